The van der Waals surface area contributed by atoms with Crippen LogP contribution in [0.5, 0.6) is 0 Å². The van der Waals surface area contributed by atoms with E-state index in [0.29, 0.717) is 49.2 Å². The largest absolute Gasteiger partial charge is 0.444 e. The van der Waals surface area contributed by atoms with Crippen LogP contribution in [0.1, 0.15) is 55.6 Å². The highest BCUT2D eigenvalue weighted by atomic mass is 16.6. The first kappa shape index (κ1) is 29.8. The molecule has 0 spiro atoms. The number of aromatic nitrogens is 5. The molecule has 5 aromatic rings. The monoisotopic (exact) mass is 608 g/mol. The fourth-order valence-corrected chi connectivity index (χ4v) is 5.68. The molecule has 1 atom stereocenters. The first-order valence-electron chi connectivity index (χ1n) is 15.0. The van der Waals surface area contributed by atoms with E-state index >= 15 is 0 Å². The predicted molar refractivity (Wildman–Crippen MR) is 169 cm³/mol. The molecule has 12 heteroatoms. The molecule has 1 aliphatic heterocycles. The van der Waals surface area contributed by atoms with Crippen LogP contribution in [0.2, 0.25) is 0 Å². The summed E-state index contributed by atoms with van der Waals surface area (Å²) in [5.41, 5.74) is 2.00. The molecule has 6 rings (SSSR count). The second-order valence-electron chi connectivity index (χ2n) is 12.3. The van der Waals surface area contributed by atoms with Crippen LogP contribution in [-0.2, 0) is 16.0 Å². The van der Waals surface area contributed by atoms with Crippen molar-refractivity contribution >= 4 is 40.0 Å². The Kier molecular flexibility index (Phi) is 8.20. The van der Waals surface area contributed by atoms with Crippen LogP contribution in [0.15, 0.2) is 79.5 Å². The van der Waals surface area contributed by atoms with Gasteiger partial charge in [-0.25, -0.2) is 4.79 Å². The van der Waals surface area contributed by atoms with Gasteiger partial charge in [-0.3, -0.25) is 18.7 Å². The van der Waals surface area contributed by atoms with Gasteiger partial charge in [-0.2, -0.15) is 5.10 Å². The van der Waals surface area contributed by atoms with Crippen LogP contribution in [-0.4, -0.2) is 71.9 Å². The molecule has 2 aromatic carbocycles. The highest BCUT2D eigenvalue weighted by Gasteiger charge is 2.32. The van der Waals surface area contributed by atoms with Crippen molar-refractivity contribution in [1.29, 1.82) is 0 Å². The van der Waals surface area contributed by atoms with Gasteiger partial charge in [0.15, 0.2) is 5.65 Å². The molecular formula is C33H36N8O4. The van der Waals surface area contributed by atoms with Crippen molar-refractivity contribution < 1.29 is 19.1 Å². The Bertz CT molecular complexity index is 1840. The van der Waals surface area contributed by atoms with Gasteiger partial charge in [0.2, 0.25) is 5.91 Å². The van der Waals surface area contributed by atoms with E-state index in [4.69, 9.17) is 4.74 Å². The van der Waals surface area contributed by atoms with E-state index in [1.54, 1.807) is 60.9 Å². The standard InChI is InChI=1S/C33H36N8O4/c1-33(2,3)45-32(44)37-28(17-23-9-6-8-22-7-4-5-10-27(22)23)31(43)39-15-13-26(14-16-39)41-20-25(18-35-41)36-30(42)24-11-12-29-38-34-21-40(29)19-24/h4-12,18-21,26,28H,13-17H2,1-3H3,(H,36,42)(H,37,44)/t28-/m1/s1. The second-order valence-corrected chi connectivity index (χ2v) is 12.3. The quantitative estimate of drug-likeness (QED) is 0.275. The number of carbonyl (C=O) groups is 3. The highest BCUT2D eigenvalue weighted by molar-refractivity contribution is 6.04. The Morgan fingerprint density at radius 1 is 1.00 bits per heavy atom. The summed E-state index contributed by atoms with van der Waals surface area (Å²) in [5.74, 6) is -0.411. The molecule has 0 saturated carbocycles. The molecule has 1 saturated heterocycles. The fourth-order valence-electron chi connectivity index (χ4n) is 5.68. The number of benzene rings is 2. The molecule has 0 unspecified atom stereocenters. The van der Waals surface area contributed by atoms with Gasteiger partial charge in [0, 0.05) is 31.9 Å². The highest BCUT2D eigenvalue weighted by Crippen LogP contribution is 2.25. The van der Waals surface area contributed by atoms with Gasteiger partial charge in [0.25, 0.3) is 5.91 Å². The summed E-state index contributed by atoms with van der Waals surface area (Å²) in [5, 5.41) is 20.2. The Labute approximate surface area is 260 Å². The predicted octanol–water partition coefficient (Wildman–Crippen LogP) is 4.63. The molecule has 4 heterocycles. The van der Waals surface area contributed by atoms with Crippen molar-refractivity contribution in [2.75, 3.05) is 18.4 Å². The number of nitrogens with zero attached hydrogens (tertiary/aromatic N) is 6. The summed E-state index contributed by atoms with van der Waals surface area (Å²) in [7, 11) is 0. The van der Waals surface area contributed by atoms with Gasteiger partial charge >= 0.3 is 6.09 Å². The van der Waals surface area contributed by atoms with Crippen molar-refractivity contribution in [1.82, 2.24) is 34.6 Å². The number of carbonyl (C=O) groups excluding carboxylic acids is 3. The zero-order valence-corrected chi connectivity index (χ0v) is 25.5. The molecule has 45 heavy (non-hydrogen) atoms. The van der Waals surface area contributed by atoms with Gasteiger partial charge in [0.1, 0.15) is 18.0 Å². The number of amides is 3. The molecule has 3 amide bonds. The first-order chi connectivity index (χ1) is 21.6. The third kappa shape index (κ3) is 6.95. The van der Waals surface area contributed by atoms with Gasteiger partial charge in [0.05, 0.1) is 23.5 Å². The number of hydrogen-bond donors (Lipinski definition) is 2. The maximum Gasteiger partial charge on any atom is 0.408 e. The Morgan fingerprint density at radius 2 is 1.78 bits per heavy atom. The maximum atomic E-state index is 13.9. The van der Waals surface area contributed by atoms with E-state index in [0.717, 1.165) is 16.3 Å². The van der Waals surface area contributed by atoms with Crippen molar-refractivity contribution in [3.05, 3.63) is 90.6 Å². The first-order valence-corrected chi connectivity index (χ1v) is 15.0. The van der Waals surface area contributed by atoms with Crippen LogP contribution in [0, 0.1) is 0 Å². The Balaban J connectivity index is 1.10. The van der Waals surface area contributed by atoms with E-state index in [-0.39, 0.29) is 17.9 Å². The number of rotatable bonds is 7. The third-order valence-corrected chi connectivity index (χ3v) is 7.86. The number of nitrogens with one attached hydrogen (secondary N) is 2. The number of alkyl carbamates (subject to hydrolysis) is 1. The van der Waals surface area contributed by atoms with Crippen LogP contribution >= 0.6 is 0 Å². The molecule has 0 bridgehead atoms. The molecule has 0 radical (unpaired) electrons. The lowest BCUT2D eigenvalue weighted by Gasteiger charge is -2.34. The van der Waals surface area contributed by atoms with Crippen LogP contribution in [0.3, 0.4) is 0 Å². The zero-order chi connectivity index (χ0) is 31.6. The van der Waals surface area contributed by atoms with E-state index in [1.807, 2.05) is 53.3 Å². The molecule has 1 aliphatic rings. The van der Waals surface area contributed by atoms with E-state index < -0.39 is 17.7 Å². The SMILES string of the molecule is CC(C)(C)OC(=O)N[C@H](Cc1cccc2ccccc12)C(=O)N1CCC(n2cc(NC(=O)c3ccc4nncn4c3)cn2)CC1. The van der Waals surface area contributed by atoms with Gasteiger partial charge < -0.3 is 20.3 Å². The average Bonchev–Trinajstić information content (AvgIpc) is 3.69. The summed E-state index contributed by atoms with van der Waals surface area (Å²) >= 11 is 0. The van der Waals surface area contributed by atoms with Crippen LogP contribution < -0.4 is 10.6 Å². The van der Waals surface area contributed by atoms with Gasteiger partial charge in [-0.15, -0.1) is 10.2 Å². The summed E-state index contributed by atoms with van der Waals surface area (Å²) in [6.07, 6.45) is 7.72. The lowest BCUT2D eigenvalue weighted by atomic mass is 9.97. The number of anilines is 1. The summed E-state index contributed by atoms with van der Waals surface area (Å²) in [6, 6.07) is 16.7. The Morgan fingerprint density at radius 3 is 2.58 bits per heavy atom. The number of piperidine rings is 1. The second kappa shape index (κ2) is 12.4. The number of likely N-dealkylation sites (tertiary alicyclic amines) is 1. The lowest BCUT2D eigenvalue weighted by molar-refractivity contribution is -0.134. The smallest absolute Gasteiger partial charge is 0.408 e. The van der Waals surface area contributed by atoms with Gasteiger partial charge in [-0.1, -0.05) is 42.5 Å². The average molecular weight is 609 g/mol. The summed E-state index contributed by atoms with van der Waals surface area (Å²) < 4.78 is 9.03. The summed E-state index contributed by atoms with van der Waals surface area (Å²) in [6.45, 7) is 6.40. The Hall–Kier alpha value is -5.26. The topological polar surface area (TPSA) is 136 Å². The molecule has 1 fully saturated rings. The molecular weight excluding hydrogens is 572 g/mol. The van der Waals surface area contributed by atoms with Crippen molar-refractivity contribution in [2.45, 2.75) is 57.7 Å². The minimum Gasteiger partial charge on any atom is -0.444 e. The number of pyridine rings is 1. The normalized spacial score (nSPS) is 14.8. The van der Waals surface area contributed by atoms with Gasteiger partial charge in [-0.05, 0) is 62.1 Å². The summed E-state index contributed by atoms with van der Waals surface area (Å²) in [4.78, 5) is 41.3. The third-order valence-electron chi connectivity index (χ3n) is 7.86. The number of fused-ring (bicyclic) bond motifs is 2. The van der Waals surface area contributed by atoms with Crippen molar-refractivity contribution in [3.63, 3.8) is 0 Å². The van der Waals surface area contributed by atoms with E-state index in [1.165, 1.54) is 0 Å². The molecule has 3 aromatic heterocycles. The lowest BCUT2D eigenvalue weighted by Crippen LogP contribution is -2.52. The number of hydrogen-bond acceptors (Lipinski definition) is 7. The number of ether oxygens (including phenoxy) is 1. The van der Waals surface area contributed by atoms with E-state index in [9.17, 15) is 14.4 Å². The van der Waals surface area contributed by atoms with Crippen molar-refractivity contribution in [2.24, 2.45) is 0 Å². The molecule has 2 N–H and O–H groups in total. The minimum atomic E-state index is -0.786. The van der Waals surface area contributed by atoms with Crippen LogP contribution in [0.25, 0.3) is 16.4 Å². The minimum absolute atomic E-state index is 0.0587. The van der Waals surface area contributed by atoms with Crippen LogP contribution in [0.4, 0.5) is 10.5 Å². The zero-order valence-electron chi connectivity index (χ0n) is 25.5. The fraction of sp³-hybridized carbons (Fsp3) is 0.333. The molecule has 0 aliphatic carbocycles. The molecule has 232 valence electrons. The maximum absolute atomic E-state index is 13.9. The van der Waals surface area contributed by atoms with Crippen molar-refractivity contribution in [3.8, 4) is 0 Å². The van der Waals surface area contributed by atoms with E-state index in [2.05, 4.69) is 25.9 Å². The molecule has 12 nitrogen and oxygen atoms in total.